The number of hydrogen-bond donors (Lipinski definition) is 0. The Morgan fingerprint density at radius 1 is 1.31 bits per heavy atom. The topological polar surface area (TPSA) is 91.2 Å². The molecule has 130 valence electrons. The summed E-state index contributed by atoms with van der Waals surface area (Å²) >= 11 is 5.75. The zero-order chi connectivity index (χ0) is 18.1. The van der Waals surface area contributed by atoms with Gasteiger partial charge in [0, 0.05) is 11.8 Å². The van der Waals surface area contributed by atoms with Crippen LogP contribution in [0.2, 0.25) is 5.15 Å². The third-order valence-corrected chi connectivity index (χ3v) is 3.99. The van der Waals surface area contributed by atoms with Crippen LogP contribution < -0.4 is 0 Å². The highest BCUT2D eigenvalue weighted by Gasteiger charge is 2.21. The number of rotatable bonds is 4. The van der Waals surface area contributed by atoms with Crippen LogP contribution in [0.25, 0.3) is 22.6 Å². The van der Waals surface area contributed by atoms with E-state index in [1.807, 2.05) is 0 Å². The summed E-state index contributed by atoms with van der Waals surface area (Å²) in [5.41, 5.74) is 2.29. The molecule has 0 spiro atoms. The van der Waals surface area contributed by atoms with Crippen LogP contribution in [0.1, 0.15) is 21.6 Å². The Balaban J connectivity index is 1.68. The zero-order valence-corrected chi connectivity index (χ0v) is 14.4. The maximum atomic E-state index is 12.7. The first-order chi connectivity index (χ1) is 12.6. The van der Waals surface area contributed by atoms with Gasteiger partial charge in [-0.2, -0.15) is 0 Å². The second kappa shape index (κ2) is 6.61. The van der Waals surface area contributed by atoms with Gasteiger partial charge in [0.15, 0.2) is 5.76 Å². The van der Waals surface area contributed by atoms with Gasteiger partial charge in [-0.1, -0.05) is 22.8 Å². The lowest BCUT2D eigenvalue weighted by Gasteiger charge is -2.07. The molecular weight excluding hydrogens is 358 g/mol. The minimum atomic E-state index is -0.522. The van der Waals surface area contributed by atoms with Crippen molar-refractivity contribution in [1.82, 2.24) is 15.1 Å². The van der Waals surface area contributed by atoms with Gasteiger partial charge in [0.25, 0.3) is 5.71 Å². The van der Waals surface area contributed by atoms with Gasteiger partial charge in [-0.15, -0.1) is 0 Å². The molecule has 8 heteroatoms. The first-order valence-electron chi connectivity index (χ1n) is 7.70. The average Bonchev–Trinajstić information content (AvgIpc) is 3.31. The van der Waals surface area contributed by atoms with E-state index in [2.05, 4.69) is 15.1 Å². The van der Waals surface area contributed by atoms with Crippen LogP contribution in [-0.2, 0) is 11.3 Å². The summed E-state index contributed by atoms with van der Waals surface area (Å²) in [4.78, 5) is 21.0. The van der Waals surface area contributed by atoms with Crippen LogP contribution in [-0.4, -0.2) is 21.1 Å². The molecule has 0 aromatic carbocycles. The smallest absolute Gasteiger partial charge is 0.339 e. The molecule has 0 amide bonds. The molecule has 0 saturated carbocycles. The van der Waals surface area contributed by atoms with Gasteiger partial charge < -0.3 is 13.7 Å². The number of pyridine rings is 2. The summed E-state index contributed by atoms with van der Waals surface area (Å²) in [7, 11) is 0. The predicted octanol–water partition coefficient (Wildman–Crippen LogP) is 4.20. The normalized spacial score (nSPS) is 11.0. The highest BCUT2D eigenvalue weighted by Crippen LogP contribution is 2.28. The van der Waals surface area contributed by atoms with Crippen LogP contribution in [0, 0.1) is 6.92 Å². The third kappa shape index (κ3) is 3.04. The number of halogens is 1. The lowest BCUT2D eigenvalue weighted by Crippen LogP contribution is -2.07. The number of ether oxygens (including phenoxy) is 1. The van der Waals surface area contributed by atoms with E-state index in [1.54, 1.807) is 43.5 Å². The fourth-order valence-electron chi connectivity index (χ4n) is 2.52. The molecule has 4 heterocycles. The minimum Gasteiger partial charge on any atom is -0.463 e. The number of furan rings is 1. The maximum Gasteiger partial charge on any atom is 0.339 e. The Bertz CT molecular complexity index is 1070. The number of fused-ring (bicyclic) bond motifs is 1. The molecule has 0 unspecified atom stereocenters. The van der Waals surface area contributed by atoms with Gasteiger partial charge >= 0.3 is 5.97 Å². The summed E-state index contributed by atoms with van der Waals surface area (Å²) in [6.07, 6.45) is 3.08. The van der Waals surface area contributed by atoms with Crippen LogP contribution >= 0.6 is 11.6 Å². The molecule has 0 saturated heterocycles. The van der Waals surface area contributed by atoms with Gasteiger partial charge in [0.05, 0.1) is 22.9 Å². The van der Waals surface area contributed by atoms with Gasteiger partial charge in [0.2, 0.25) is 0 Å². The van der Waals surface area contributed by atoms with Crippen molar-refractivity contribution in [2.45, 2.75) is 13.5 Å². The zero-order valence-electron chi connectivity index (χ0n) is 13.6. The van der Waals surface area contributed by atoms with E-state index >= 15 is 0 Å². The Hall–Kier alpha value is -3.19. The number of nitrogens with zero attached hydrogens (tertiary/aromatic N) is 3. The summed E-state index contributed by atoms with van der Waals surface area (Å²) in [5.74, 6) is -0.0108. The molecule has 0 aliphatic rings. The van der Waals surface area contributed by atoms with Crippen molar-refractivity contribution in [1.29, 1.82) is 0 Å². The number of aromatic nitrogens is 3. The van der Waals surface area contributed by atoms with Crippen molar-refractivity contribution >= 4 is 28.7 Å². The van der Waals surface area contributed by atoms with E-state index < -0.39 is 5.97 Å². The largest absolute Gasteiger partial charge is 0.463 e. The van der Waals surface area contributed by atoms with Gasteiger partial charge in [-0.25, -0.2) is 14.8 Å². The standard InChI is InChI=1S/C18H12ClN3O4/c1-10-16-12(18(23)25-9-11-4-5-15(19)20-8-11)7-13(14-3-2-6-24-14)21-17(16)26-22-10/h2-8H,9H2,1H3. The first kappa shape index (κ1) is 16.3. The number of esters is 1. The van der Waals surface area contributed by atoms with Crippen molar-refractivity contribution < 1.29 is 18.5 Å². The Kier molecular flexibility index (Phi) is 4.14. The molecule has 4 rings (SSSR count). The quantitative estimate of drug-likeness (QED) is 0.393. The molecule has 4 aromatic heterocycles. The summed E-state index contributed by atoms with van der Waals surface area (Å²) < 4.78 is 16.0. The SMILES string of the molecule is Cc1noc2nc(-c3ccco3)cc(C(=O)OCc3ccc(Cl)nc3)c12. The van der Waals surface area contributed by atoms with Crippen molar-refractivity contribution in [3.05, 3.63) is 64.8 Å². The number of carbonyl (C=O) groups is 1. The van der Waals surface area contributed by atoms with Gasteiger partial charge in [0.1, 0.15) is 17.5 Å². The molecule has 0 aliphatic carbocycles. The average molecular weight is 370 g/mol. The highest BCUT2D eigenvalue weighted by molar-refractivity contribution is 6.29. The molecule has 26 heavy (non-hydrogen) atoms. The maximum absolute atomic E-state index is 12.7. The molecule has 4 aromatic rings. The van der Waals surface area contributed by atoms with E-state index in [1.165, 1.54) is 6.26 Å². The van der Waals surface area contributed by atoms with E-state index in [0.717, 1.165) is 5.56 Å². The van der Waals surface area contributed by atoms with E-state index in [-0.39, 0.29) is 12.3 Å². The molecule has 0 fully saturated rings. The van der Waals surface area contributed by atoms with Gasteiger partial charge in [-0.05, 0) is 31.2 Å². The van der Waals surface area contributed by atoms with Gasteiger partial charge in [-0.3, -0.25) is 0 Å². The van der Waals surface area contributed by atoms with Crippen molar-refractivity contribution in [2.75, 3.05) is 0 Å². The van der Waals surface area contributed by atoms with Crippen LogP contribution in [0.15, 0.2) is 51.7 Å². The van der Waals surface area contributed by atoms with E-state index in [4.69, 9.17) is 25.3 Å². The third-order valence-electron chi connectivity index (χ3n) is 3.77. The van der Waals surface area contributed by atoms with Crippen molar-refractivity contribution in [3.63, 3.8) is 0 Å². The summed E-state index contributed by atoms with van der Waals surface area (Å²) in [6.45, 7) is 1.80. The fraction of sp³-hybridized carbons (Fsp3) is 0.111. The molecule has 0 N–H and O–H groups in total. The number of carbonyl (C=O) groups excluding carboxylic acids is 1. The summed E-state index contributed by atoms with van der Waals surface area (Å²) in [6, 6.07) is 8.45. The molecule has 7 nitrogen and oxygen atoms in total. The second-order valence-corrected chi connectivity index (χ2v) is 5.93. The summed E-state index contributed by atoms with van der Waals surface area (Å²) in [5, 5.41) is 4.78. The van der Waals surface area contributed by atoms with E-state index in [9.17, 15) is 4.79 Å². The lowest BCUT2D eigenvalue weighted by molar-refractivity contribution is 0.0474. The highest BCUT2D eigenvalue weighted by atomic mass is 35.5. The van der Waals surface area contributed by atoms with E-state index in [0.29, 0.717) is 33.3 Å². The Labute approximate surface area is 152 Å². The first-order valence-corrected chi connectivity index (χ1v) is 8.08. The monoisotopic (exact) mass is 369 g/mol. The number of hydrogen-bond acceptors (Lipinski definition) is 7. The fourth-order valence-corrected chi connectivity index (χ4v) is 2.64. The Morgan fingerprint density at radius 2 is 2.19 bits per heavy atom. The number of aryl methyl sites for hydroxylation is 1. The Morgan fingerprint density at radius 3 is 2.92 bits per heavy atom. The van der Waals surface area contributed by atoms with Crippen LogP contribution in [0.5, 0.6) is 0 Å². The molecule has 0 aliphatic heterocycles. The molecular formula is C18H12ClN3O4. The predicted molar refractivity (Wildman–Crippen MR) is 92.6 cm³/mol. The van der Waals surface area contributed by atoms with Crippen LogP contribution in [0.4, 0.5) is 0 Å². The van der Waals surface area contributed by atoms with Crippen LogP contribution in [0.3, 0.4) is 0 Å². The molecule has 0 bridgehead atoms. The van der Waals surface area contributed by atoms with Crippen molar-refractivity contribution in [3.8, 4) is 11.5 Å². The lowest BCUT2D eigenvalue weighted by atomic mass is 10.1. The molecule has 0 atom stereocenters. The minimum absolute atomic E-state index is 0.0627. The second-order valence-electron chi connectivity index (χ2n) is 5.55. The molecule has 0 radical (unpaired) electrons. The van der Waals surface area contributed by atoms with Crippen molar-refractivity contribution in [2.24, 2.45) is 0 Å².